The summed E-state index contributed by atoms with van der Waals surface area (Å²) in [6.45, 7) is 1.72. The minimum atomic E-state index is -0.922. The highest BCUT2D eigenvalue weighted by molar-refractivity contribution is 6.31. The standard InChI is InChI=1S/C17H16ClF2NO/c1-11(13-6-8-15(19)16(20)10-13)21-17(22)9-7-12-4-2-3-5-14(12)18/h2-6,8,10-11H,7,9H2,1H3,(H,21,22). The first-order valence-corrected chi connectivity index (χ1v) is 7.33. The summed E-state index contributed by atoms with van der Waals surface area (Å²) in [6.07, 6.45) is 0.799. The van der Waals surface area contributed by atoms with Crippen molar-refractivity contribution in [3.05, 3.63) is 70.2 Å². The maximum absolute atomic E-state index is 13.2. The van der Waals surface area contributed by atoms with Gasteiger partial charge in [0.05, 0.1) is 6.04 Å². The van der Waals surface area contributed by atoms with Crippen LogP contribution in [0.15, 0.2) is 42.5 Å². The lowest BCUT2D eigenvalue weighted by Crippen LogP contribution is -2.27. The van der Waals surface area contributed by atoms with E-state index < -0.39 is 17.7 Å². The summed E-state index contributed by atoms with van der Waals surface area (Å²) in [4.78, 5) is 11.9. The van der Waals surface area contributed by atoms with E-state index in [9.17, 15) is 13.6 Å². The Morgan fingerprint density at radius 1 is 1.18 bits per heavy atom. The summed E-state index contributed by atoms with van der Waals surface area (Å²) in [5.74, 6) is -1.99. The molecule has 2 aromatic carbocycles. The number of amides is 1. The lowest BCUT2D eigenvalue weighted by Gasteiger charge is -2.14. The number of nitrogens with one attached hydrogen (secondary N) is 1. The van der Waals surface area contributed by atoms with Crippen molar-refractivity contribution in [3.8, 4) is 0 Å². The molecule has 0 aliphatic carbocycles. The lowest BCUT2D eigenvalue weighted by molar-refractivity contribution is -0.121. The Hall–Kier alpha value is -1.94. The van der Waals surface area contributed by atoms with E-state index in [1.807, 2.05) is 18.2 Å². The number of benzene rings is 2. The topological polar surface area (TPSA) is 29.1 Å². The van der Waals surface area contributed by atoms with Crippen LogP contribution in [-0.2, 0) is 11.2 Å². The van der Waals surface area contributed by atoms with Crippen LogP contribution in [-0.4, -0.2) is 5.91 Å². The van der Waals surface area contributed by atoms with Crippen molar-refractivity contribution in [3.63, 3.8) is 0 Å². The Kier molecular flexibility index (Phi) is 5.50. The van der Waals surface area contributed by atoms with Crippen LogP contribution in [0.4, 0.5) is 8.78 Å². The SMILES string of the molecule is CC(NC(=O)CCc1ccccc1Cl)c1ccc(F)c(F)c1. The molecular formula is C17H16ClF2NO. The van der Waals surface area contributed by atoms with E-state index in [0.29, 0.717) is 17.0 Å². The second-order valence-electron chi connectivity index (χ2n) is 5.05. The average molecular weight is 324 g/mol. The second-order valence-corrected chi connectivity index (χ2v) is 5.46. The predicted octanol–water partition coefficient (Wildman–Crippen LogP) is 4.43. The van der Waals surface area contributed by atoms with Gasteiger partial charge in [-0.05, 0) is 42.7 Å². The van der Waals surface area contributed by atoms with Gasteiger partial charge < -0.3 is 5.32 Å². The summed E-state index contributed by atoms with van der Waals surface area (Å²) in [5.41, 5.74) is 1.42. The Morgan fingerprint density at radius 3 is 2.59 bits per heavy atom. The average Bonchev–Trinajstić information content (AvgIpc) is 2.49. The van der Waals surface area contributed by atoms with Gasteiger partial charge in [-0.15, -0.1) is 0 Å². The van der Waals surface area contributed by atoms with Gasteiger partial charge in [-0.25, -0.2) is 8.78 Å². The van der Waals surface area contributed by atoms with Crippen LogP contribution in [0.5, 0.6) is 0 Å². The van der Waals surface area contributed by atoms with Gasteiger partial charge in [0.2, 0.25) is 5.91 Å². The second kappa shape index (κ2) is 7.36. The van der Waals surface area contributed by atoms with Gasteiger partial charge >= 0.3 is 0 Å². The first kappa shape index (κ1) is 16.4. The number of hydrogen-bond donors (Lipinski definition) is 1. The van der Waals surface area contributed by atoms with Gasteiger partial charge in [0.25, 0.3) is 0 Å². The fraction of sp³-hybridized carbons (Fsp3) is 0.235. The highest BCUT2D eigenvalue weighted by atomic mass is 35.5. The summed E-state index contributed by atoms with van der Waals surface area (Å²) < 4.78 is 26.1. The summed E-state index contributed by atoms with van der Waals surface area (Å²) in [7, 11) is 0. The molecule has 0 bridgehead atoms. The molecule has 2 aromatic rings. The fourth-order valence-corrected chi connectivity index (χ4v) is 2.36. The highest BCUT2D eigenvalue weighted by Gasteiger charge is 2.12. The van der Waals surface area contributed by atoms with Crippen LogP contribution < -0.4 is 5.32 Å². The van der Waals surface area contributed by atoms with E-state index in [0.717, 1.165) is 17.7 Å². The summed E-state index contributed by atoms with van der Waals surface area (Å²) >= 11 is 6.03. The van der Waals surface area contributed by atoms with E-state index in [1.165, 1.54) is 6.07 Å². The van der Waals surface area contributed by atoms with Gasteiger partial charge in [-0.3, -0.25) is 4.79 Å². The van der Waals surface area contributed by atoms with Crippen molar-refractivity contribution >= 4 is 17.5 Å². The van der Waals surface area contributed by atoms with E-state index in [4.69, 9.17) is 11.6 Å². The molecule has 1 N–H and O–H groups in total. The first-order chi connectivity index (χ1) is 10.5. The molecular weight excluding hydrogens is 308 g/mol. The number of halogens is 3. The maximum Gasteiger partial charge on any atom is 0.220 e. The van der Waals surface area contributed by atoms with Crippen molar-refractivity contribution in [2.45, 2.75) is 25.8 Å². The van der Waals surface area contributed by atoms with Gasteiger partial charge in [-0.1, -0.05) is 35.9 Å². The Balaban J connectivity index is 1.91. The monoisotopic (exact) mass is 323 g/mol. The van der Waals surface area contributed by atoms with Crippen LogP contribution >= 0.6 is 11.6 Å². The molecule has 0 heterocycles. The van der Waals surface area contributed by atoms with Crippen molar-refractivity contribution in [2.24, 2.45) is 0 Å². The van der Waals surface area contributed by atoms with E-state index in [1.54, 1.807) is 13.0 Å². The van der Waals surface area contributed by atoms with Crippen molar-refractivity contribution in [2.75, 3.05) is 0 Å². The van der Waals surface area contributed by atoms with Crippen molar-refractivity contribution in [1.29, 1.82) is 0 Å². The highest BCUT2D eigenvalue weighted by Crippen LogP contribution is 2.18. The summed E-state index contributed by atoms with van der Waals surface area (Å²) in [6, 6.07) is 10.5. The molecule has 0 spiro atoms. The van der Waals surface area contributed by atoms with Crippen LogP contribution in [0.3, 0.4) is 0 Å². The van der Waals surface area contributed by atoms with Crippen LogP contribution in [0.25, 0.3) is 0 Å². The van der Waals surface area contributed by atoms with Crippen LogP contribution in [0.1, 0.15) is 30.5 Å². The number of aryl methyl sites for hydroxylation is 1. The minimum absolute atomic E-state index is 0.169. The third kappa shape index (κ3) is 4.28. The molecule has 5 heteroatoms. The molecule has 0 fully saturated rings. The molecule has 2 rings (SSSR count). The largest absolute Gasteiger partial charge is 0.350 e. The quantitative estimate of drug-likeness (QED) is 0.866. The molecule has 0 aromatic heterocycles. The fourth-order valence-electron chi connectivity index (χ4n) is 2.13. The zero-order chi connectivity index (χ0) is 16.1. The maximum atomic E-state index is 13.2. The first-order valence-electron chi connectivity index (χ1n) is 6.95. The van der Waals surface area contributed by atoms with Crippen molar-refractivity contribution < 1.29 is 13.6 Å². The van der Waals surface area contributed by atoms with E-state index in [-0.39, 0.29) is 12.3 Å². The van der Waals surface area contributed by atoms with Gasteiger partial charge in [0.15, 0.2) is 11.6 Å². The van der Waals surface area contributed by atoms with Gasteiger partial charge in [-0.2, -0.15) is 0 Å². The third-order valence-electron chi connectivity index (χ3n) is 3.40. The van der Waals surface area contributed by atoms with Crippen LogP contribution in [0.2, 0.25) is 5.02 Å². The van der Waals surface area contributed by atoms with Crippen molar-refractivity contribution in [1.82, 2.24) is 5.32 Å². The molecule has 0 radical (unpaired) electrons. The summed E-state index contributed by atoms with van der Waals surface area (Å²) in [5, 5.41) is 3.39. The van der Waals surface area contributed by atoms with E-state index in [2.05, 4.69) is 5.32 Å². The molecule has 1 amide bonds. The van der Waals surface area contributed by atoms with Gasteiger partial charge in [0, 0.05) is 11.4 Å². The molecule has 0 aliphatic heterocycles. The molecule has 0 aliphatic rings. The lowest BCUT2D eigenvalue weighted by atomic mass is 10.1. The minimum Gasteiger partial charge on any atom is -0.350 e. The molecule has 2 nitrogen and oxygen atoms in total. The Bertz CT molecular complexity index is 675. The zero-order valence-corrected chi connectivity index (χ0v) is 12.8. The third-order valence-corrected chi connectivity index (χ3v) is 3.77. The predicted molar refractivity (Wildman–Crippen MR) is 82.7 cm³/mol. The Morgan fingerprint density at radius 2 is 1.91 bits per heavy atom. The number of hydrogen-bond acceptors (Lipinski definition) is 1. The molecule has 1 atom stereocenters. The number of carbonyl (C=O) groups is 1. The molecule has 22 heavy (non-hydrogen) atoms. The Labute approximate surface area is 133 Å². The molecule has 116 valence electrons. The zero-order valence-electron chi connectivity index (χ0n) is 12.1. The van der Waals surface area contributed by atoms with E-state index >= 15 is 0 Å². The molecule has 1 unspecified atom stereocenters. The smallest absolute Gasteiger partial charge is 0.220 e. The number of rotatable bonds is 5. The normalized spacial score (nSPS) is 12.0. The molecule has 0 saturated carbocycles. The number of carbonyl (C=O) groups excluding carboxylic acids is 1. The van der Waals surface area contributed by atoms with Gasteiger partial charge in [0.1, 0.15) is 0 Å². The molecule has 0 saturated heterocycles. The van der Waals surface area contributed by atoms with Crippen LogP contribution in [0, 0.1) is 11.6 Å².